The first-order valence-electron chi connectivity index (χ1n) is 8.06. The third-order valence-corrected chi connectivity index (χ3v) is 3.76. The molecule has 0 radical (unpaired) electrons. The number of hydrogen-bond acceptors (Lipinski definition) is 6. The lowest BCUT2D eigenvalue weighted by atomic mass is 10.3. The molecule has 1 aromatic carbocycles. The van der Waals surface area contributed by atoms with E-state index >= 15 is 0 Å². The van der Waals surface area contributed by atoms with Crippen LogP contribution in [0.2, 0.25) is 0 Å². The van der Waals surface area contributed by atoms with Crippen molar-refractivity contribution in [1.82, 2.24) is 25.0 Å². The summed E-state index contributed by atoms with van der Waals surface area (Å²) in [6.45, 7) is 3.60. The second-order valence-electron chi connectivity index (χ2n) is 5.77. The average Bonchev–Trinajstić information content (AvgIpc) is 2.91. The van der Waals surface area contributed by atoms with E-state index in [1.807, 2.05) is 54.8 Å². The summed E-state index contributed by atoms with van der Waals surface area (Å²) in [5.41, 5.74) is 0. The molecule has 136 valence electrons. The summed E-state index contributed by atoms with van der Waals surface area (Å²) in [5, 5.41) is 10.9. The summed E-state index contributed by atoms with van der Waals surface area (Å²) < 4.78 is 12.6. The quantitative estimate of drug-likeness (QED) is 0.675. The van der Waals surface area contributed by atoms with Crippen molar-refractivity contribution < 1.29 is 14.3 Å². The molecule has 0 atom stereocenters. The van der Waals surface area contributed by atoms with Crippen LogP contribution in [0.25, 0.3) is 0 Å². The number of amides is 1. The number of benzene rings is 1. The third-order valence-electron chi connectivity index (χ3n) is 3.76. The van der Waals surface area contributed by atoms with Gasteiger partial charge in [0.1, 0.15) is 29.8 Å². The van der Waals surface area contributed by atoms with Gasteiger partial charge in [0.15, 0.2) is 0 Å². The number of hydrogen-bond donors (Lipinski definition) is 1. The molecule has 0 saturated carbocycles. The van der Waals surface area contributed by atoms with Crippen LogP contribution in [-0.4, -0.2) is 59.4 Å². The number of nitrogens with zero attached hydrogens (tertiary/aromatic N) is 4. The molecule has 2 rings (SSSR count). The van der Waals surface area contributed by atoms with E-state index in [0.717, 1.165) is 23.1 Å². The number of ether oxygens (including phenoxy) is 2. The predicted molar refractivity (Wildman–Crippen MR) is 93.6 cm³/mol. The number of nitrogens with one attached hydrogen (secondary N) is 1. The standard InChI is InChI=1S/C17H25N5O3/c1-13-19-20-16(22(13)3)11-21(2)12-17(23)18-9-10-25-15-7-5-14(24-4)6-8-15/h5-8H,9-12H2,1-4H3,(H,18,23). The summed E-state index contributed by atoms with van der Waals surface area (Å²) in [7, 11) is 5.40. The Morgan fingerprint density at radius 1 is 1.24 bits per heavy atom. The zero-order valence-corrected chi connectivity index (χ0v) is 15.2. The largest absolute Gasteiger partial charge is 0.497 e. The lowest BCUT2D eigenvalue weighted by Crippen LogP contribution is -2.37. The van der Waals surface area contributed by atoms with Gasteiger partial charge in [0, 0.05) is 7.05 Å². The normalized spacial score (nSPS) is 10.8. The Balaban J connectivity index is 1.65. The molecule has 8 heteroatoms. The Morgan fingerprint density at radius 2 is 1.92 bits per heavy atom. The van der Waals surface area contributed by atoms with Crippen molar-refractivity contribution >= 4 is 5.91 Å². The van der Waals surface area contributed by atoms with E-state index in [0.29, 0.717) is 19.7 Å². The second kappa shape index (κ2) is 9.03. The zero-order valence-electron chi connectivity index (χ0n) is 15.2. The van der Waals surface area contributed by atoms with Crippen LogP contribution >= 0.6 is 0 Å². The van der Waals surface area contributed by atoms with E-state index in [9.17, 15) is 4.79 Å². The highest BCUT2D eigenvalue weighted by molar-refractivity contribution is 5.77. The van der Waals surface area contributed by atoms with Gasteiger partial charge in [-0.25, -0.2) is 0 Å². The van der Waals surface area contributed by atoms with Crippen LogP contribution in [-0.2, 0) is 18.4 Å². The SMILES string of the molecule is COc1ccc(OCCNC(=O)CN(C)Cc2nnc(C)n2C)cc1. The lowest BCUT2D eigenvalue weighted by molar-refractivity contribution is -0.122. The lowest BCUT2D eigenvalue weighted by Gasteiger charge is -2.16. The summed E-state index contributed by atoms with van der Waals surface area (Å²) in [4.78, 5) is 13.9. The first kappa shape index (κ1) is 18.7. The van der Waals surface area contributed by atoms with Gasteiger partial charge in [0.05, 0.1) is 26.7 Å². The molecular weight excluding hydrogens is 322 g/mol. The minimum absolute atomic E-state index is 0.0558. The van der Waals surface area contributed by atoms with Gasteiger partial charge in [-0.3, -0.25) is 9.69 Å². The van der Waals surface area contributed by atoms with Crippen LogP contribution in [0.1, 0.15) is 11.6 Å². The Kier molecular flexibility index (Phi) is 6.76. The van der Waals surface area contributed by atoms with Crippen molar-refractivity contribution in [3.8, 4) is 11.5 Å². The number of likely N-dealkylation sites (N-methyl/N-ethyl adjacent to an activating group) is 1. The highest BCUT2D eigenvalue weighted by atomic mass is 16.5. The fraction of sp³-hybridized carbons (Fsp3) is 0.471. The molecule has 0 fully saturated rings. The molecule has 0 unspecified atom stereocenters. The zero-order chi connectivity index (χ0) is 18.2. The van der Waals surface area contributed by atoms with Gasteiger partial charge in [-0.1, -0.05) is 0 Å². The van der Waals surface area contributed by atoms with Gasteiger partial charge in [-0.05, 0) is 38.2 Å². The van der Waals surface area contributed by atoms with Crippen LogP contribution in [0.15, 0.2) is 24.3 Å². The Labute approximate surface area is 147 Å². The Morgan fingerprint density at radius 3 is 2.52 bits per heavy atom. The molecule has 25 heavy (non-hydrogen) atoms. The molecule has 8 nitrogen and oxygen atoms in total. The molecule has 1 aromatic heterocycles. The topological polar surface area (TPSA) is 81.5 Å². The molecule has 0 spiro atoms. The van der Waals surface area contributed by atoms with Crippen LogP contribution in [0.5, 0.6) is 11.5 Å². The van der Waals surface area contributed by atoms with E-state index in [-0.39, 0.29) is 12.5 Å². The number of aromatic nitrogens is 3. The maximum absolute atomic E-state index is 12.0. The van der Waals surface area contributed by atoms with E-state index in [1.165, 1.54) is 0 Å². The fourth-order valence-electron chi connectivity index (χ4n) is 2.22. The minimum atomic E-state index is -0.0558. The first-order chi connectivity index (χ1) is 12.0. The predicted octanol–water partition coefficient (Wildman–Crippen LogP) is 0.759. The Hall–Kier alpha value is -2.61. The van der Waals surface area contributed by atoms with Crippen LogP contribution < -0.4 is 14.8 Å². The smallest absolute Gasteiger partial charge is 0.234 e. The van der Waals surface area contributed by atoms with E-state index in [4.69, 9.17) is 9.47 Å². The maximum atomic E-state index is 12.0. The summed E-state index contributed by atoms with van der Waals surface area (Å²) >= 11 is 0. The van der Waals surface area contributed by atoms with Crippen molar-refractivity contribution in [3.63, 3.8) is 0 Å². The van der Waals surface area contributed by atoms with Gasteiger partial charge in [0.25, 0.3) is 0 Å². The Bertz CT molecular complexity index is 684. The van der Waals surface area contributed by atoms with Gasteiger partial charge >= 0.3 is 0 Å². The van der Waals surface area contributed by atoms with Gasteiger partial charge < -0.3 is 19.4 Å². The summed E-state index contributed by atoms with van der Waals surface area (Å²) in [5.74, 6) is 3.14. The van der Waals surface area contributed by atoms with Crippen molar-refractivity contribution in [2.45, 2.75) is 13.5 Å². The van der Waals surface area contributed by atoms with E-state index in [2.05, 4.69) is 15.5 Å². The third kappa shape index (κ3) is 5.75. The molecule has 0 aliphatic carbocycles. The van der Waals surface area contributed by atoms with Crippen molar-refractivity contribution in [2.24, 2.45) is 7.05 Å². The number of aryl methyl sites for hydroxylation is 1. The molecule has 1 heterocycles. The monoisotopic (exact) mass is 347 g/mol. The molecule has 0 aliphatic rings. The van der Waals surface area contributed by atoms with Crippen molar-refractivity contribution in [1.29, 1.82) is 0 Å². The average molecular weight is 347 g/mol. The number of carbonyl (C=O) groups is 1. The van der Waals surface area contributed by atoms with Crippen molar-refractivity contribution in [3.05, 3.63) is 35.9 Å². The maximum Gasteiger partial charge on any atom is 0.234 e. The van der Waals surface area contributed by atoms with Crippen LogP contribution in [0.3, 0.4) is 0 Å². The van der Waals surface area contributed by atoms with E-state index in [1.54, 1.807) is 7.11 Å². The number of carbonyl (C=O) groups excluding carboxylic acids is 1. The van der Waals surface area contributed by atoms with Gasteiger partial charge in [-0.15, -0.1) is 10.2 Å². The first-order valence-corrected chi connectivity index (χ1v) is 8.06. The van der Waals surface area contributed by atoms with Crippen molar-refractivity contribution in [2.75, 3.05) is 33.9 Å². The number of methoxy groups -OCH3 is 1. The summed E-state index contributed by atoms with van der Waals surface area (Å²) in [6.07, 6.45) is 0. The molecule has 0 saturated heterocycles. The molecular formula is C17H25N5O3. The highest BCUT2D eigenvalue weighted by Gasteiger charge is 2.11. The van der Waals surface area contributed by atoms with Crippen LogP contribution in [0.4, 0.5) is 0 Å². The molecule has 0 bridgehead atoms. The second-order valence-corrected chi connectivity index (χ2v) is 5.77. The molecule has 1 amide bonds. The number of rotatable bonds is 9. The van der Waals surface area contributed by atoms with Gasteiger partial charge in [0.2, 0.25) is 5.91 Å². The fourth-order valence-corrected chi connectivity index (χ4v) is 2.22. The molecule has 0 aliphatic heterocycles. The molecule has 1 N–H and O–H groups in total. The van der Waals surface area contributed by atoms with E-state index < -0.39 is 0 Å². The summed E-state index contributed by atoms with van der Waals surface area (Å²) in [6, 6.07) is 7.32. The minimum Gasteiger partial charge on any atom is -0.497 e. The highest BCUT2D eigenvalue weighted by Crippen LogP contribution is 2.16. The molecule has 2 aromatic rings. The van der Waals surface area contributed by atoms with Gasteiger partial charge in [-0.2, -0.15) is 0 Å². The van der Waals surface area contributed by atoms with Crippen LogP contribution in [0, 0.1) is 6.92 Å².